The van der Waals surface area contributed by atoms with Gasteiger partial charge in [0.2, 0.25) is 5.91 Å². The molecule has 1 aromatic carbocycles. The molecule has 3 aliphatic rings. The molecule has 3 saturated heterocycles. The Hall–Kier alpha value is -2.60. The molecule has 0 aliphatic carbocycles. The lowest BCUT2D eigenvalue weighted by Gasteiger charge is -2.56. The molecule has 29 heavy (non-hydrogen) atoms. The van der Waals surface area contributed by atoms with Gasteiger partial charge in [0.05, 0.1) is 36.9 Å². The van der Waals surface area contributed by atoms with Gasteiger partial charge in [-0.1, -0.05) is 12.1 Å². The second kappa shape index (κ2) is 7.34. The summed E-state index contributed by atoms with van der Waals surface area (Å²) >= 11 is 0. The Morgan fingerprint density at radius 1 is 1.17 bits per heavy atom. The lowest BCUT2D eigenvalue weighted by molar-refractivity contribution is -0.127. The van der Waals surface area contributed by atoms with Crippen molar-refractivity contribution in [3.63, 3.8) is 0 Å². The highest BCUT2D eigenvalue weighted by Crippen LogP contribution is 2.40. The molecule has 6 nitrogen and oxygen atoms in total. The Morgan fingerprint density at radius 3 is 2.66 bits per heavy atom. The fourth-order valence-corrected chi connectivity index (χ4v) is 4.63. The predicted octanol–water partition coefficient (Wildman–Crippen LogP) is 2.16. The molecule has 0 bridgehead atoms. The van der Waals surface area contributed by atoms with Crippen LogP contribution in [-0.2, 0) is 16.0 Å². The van der Waals surface area contributed by atoms with Crippen LogP contribution < -0.4 is 15.1 Å². The summed E-state index contributed by atoms with van der Waals surface area (Å²) in [5, 5.41) is 3.20. The summed E-state index contributed by atoms with van der Waals surface area (Å²) in [4.78, 5) is 21.5. The molecule has 1 aromatic heterocycles. The van der Waals surface area contributed by atoms with Crippen LogP contribution in [0.25, 0.3) is 0 Å². The molecular formula is C23H28N4O2. The van der Waals surface area contributed by atoms with Crippen molar-refractivity contribution >= 4 is 17.3 Å². The van der Waals surface area contributed by atoms with Crippen molar-refractivity contribution in [2.24, 2.45) is 5.41 Å². The first kappa shape index (κ1) is 18.4. The highest BCUT2D eigenvalue weighted by Gasteiger charge is 2.48. The van der Waals surface area contributed by atoms with E-state index >= 15 is 0 Å². The SMILES string of the molecule is Cc1cncc(N2CC[C@@H](NC(=O)Cc3ccc(N4CC5(COC5)C4)cc3)C2)c1. The summed E-state index contributed by atoms with van der Waals surface area (Å²) in [7, 11) is 0. The van der Waals surface area contributed by atoms with Gasteiger partial charge in [-0.3, -0.25) is 9.78 Å². The average Bonchev–Trinajstić information content (AvgIpc) is 3.09. The van der Waals surface area contributed by atoms with Gasteiger partial charge in [-0.25, -0.2) is 0 Å². The predicted molar refractivity (Wildman–Crippen MR) is 113 cm³/mol. The van der Waals surface area contributed by atoms with Gasteiger partial charge in [-0.2, -0.15) is 0 Å². The fraction of sp³-hybridized carbons (Fsp3) is 0.478. The number of amides is 1. The topological polar surface area (TPSA) is 57.7 Å². The maximum Gasteiger partial charge on any atom is 0.224 e. The van der Waals surface area contributed by atoms with Gasteiger partial charge in [0.15, 0.2) is 0 Å². The largest absolute Gasteiger partial charge is 0.380 e. The number of nitrogens with one attached hydrogen (secondary N) is 1. The van der Waals surface area contributed by atoms with Gasteiger partial charge in [-0.15, -0.1) is 0 Å². The molecule has 0 saturated carbocycles. The maximum atomic E-state index is 12.5. The van der Waals surface area contributed by atoms with E-state index in [1.54, 1.807) is 0 Å². The van der Waals surface area contributed by atoms with E-state index in [0.29, 0.717) is 11.8 Å². The Balaban J connectivity index is 1.10. The van der Waals surface area contributed by atoms with Gasteiger partial charge in [0.25, 0.3) is 0 Å². The number of aryl methyl sites for hydroxylation is 1. The highest BCUT2D eigenvalue weighted by molar-refractivity contribution is 5.79. The molecule has 2 aromatic rings. The zero-order valence-corrected chi connectivity index (χ0v) is 16.9. The second-order valence-electron chi connectivity index (χ2n) is 8.91. The van der Waals surface area contributed by atoms with E-state index < -0.39 is 0 Å². The number of hydrogen-bond donors (Lipinski definition) is 1. The number of benzene rings is 1. The average molecular weight is 393 g/mol. The van der Waals surface area contributed by atoms with Crippen molar-refractivity contribution in [3.8, 4) is 0 Å². The molecule has 0 unspecified atom stereocenters. The van der Waals surface area contributed by atoms with Crippen molar-refractivity contribution in [1.29, 1.82) is 0 Å². The minimum absolute atomic E-state index is 0.0986. The number of anilines is 2. The molecule has 152 valence electrons. The van der Waals surface area contributed by atoms with Crippen LogP contribution in [0.2, 0.25) is 0 Å². The van der Waals surface area contributed by atoms with Crippen LogP contribution >= 0.6 is 0 Å². The third-order valence-corrected chi connectivity index (χ3v) is 6.31. The zero-order valence-electron chi connectivity index (χ0n) is 16.9. The zero-order chi connectivity index (χ0) is 19.8. The number of carbonyl (C=O) groups is 1. The second-order valence-corrected chi connectivity index (χ2v) is 8.91. The minimum Gasteiger partial charge on any atom is -0.380 e. The number of ether oxygens (including phenoxy) is 1. The molecule has 0 radical (unpaired) electrons. The van der Waals surface area contributed by atoms with Crippen LogP contribution in [-0.4, -0.2) is 56.3 Å². The van der Waals surface area contributed by atoms with Crippen LogP contribution in [0.15, 0.2) is 42.7 Å². The van der Waals surface area contributed by atoms with Gasteiger partial charge < -0.3 is 19.9 Å². The monoisotopic (exact) mass is 392 g/mol. The van der Waals surface area contributed by atoms with E-state index in [2.05, 4.69) is 57.4 Å². The Morgan fingerprint density at radius 2 is 1.97 bits per heavy atom. The van der Waals surface area contributed by atoms with E-state index in [0.717, 1.165) is 62.6 Å². The van der Waals surface area contributed by atoms with E-state index in [9.17, 15) is 4.79 Å². The number of pyridine rings is 1. The normalized spacial score (nSPS) is 22.3. The van der Waals surface area contributed by atoms with Crippen LogP contribution in [0.4, 0.5) is 11.4 Å². The van der Waals surface area contributed by atoms with E-state index in [-0.39, 0.29) is 11.9 Å². The molecule has 6 heteroatoms. The number of rotatable bonds is 5. The number of nitrogens with zero attached hydrogens (tertiary/aromatic N) is 3. The molecule has 4 heterocycles. The lowest BCUT2D eigenvalue weighted by Crippen LogP contribution is -2.66. The van der Waals surface area contributed by atoms with Crippen molar-refractivity contribution in [2.75, 3.05) is 49.2 Å². The molecule has 3 fully saturated rings. The van der Waals surface area contributed by atoms with Crippen molar-refractivity contribution < 1.29 is 9.53 Å². The quantitative estimate of drug-likeness (QED) is 0.845. The molecule has 5 rings (SSSR count). The third kappa shape index (κ3) is 3.81. The first-order valence-corrected chi connectivity index (χ1v) is 10.5. The Bertz CT molecular complexity index is 886. The van der Waals surface area contributed by atoms with Crippen LogP contribution in [0.3, 0.4) is 0 Å². The van der Waals surface area contributed by atoms with Crippen molar-refractivity contribution in [3.05, 3.63) is 53.9 Å². The highest BCUT2D eigenvalue weighted by atomic mass is 16.5. The van der Waals surface area contributed by atoms with Gasteiger partial charge in [0, 0.05) is 44.1 Å². The number of aromatic nitrogens is 1. The molecule has 1 amide bonds. The molecule has 3 aliphatic heterocycles. The molecule has 1 atom stereocenters. The maximum absolute atomic E-state index is 12.5. The minimum atomic E-state index is 0.0986. The molecule has 1 spiro atoms. The number of hydrogen-bond acceptors (Lipinski definition) is 5. The Kier molecular flexibility index (Phi) is 4.66. The van der Waals surface area contributed by atoms with E-state index in [1.165, 1.54) is 5.69 Å². The molecular weight excluding hydrogens is 364 g/mol. The fourth-order valence-electron chi connectivity index (χ4n) is 4.63. The third-order valence-electron chi connectivity index (χ3n) is 6.31. The smallest absolute Gasteiger partial charge is 0.224 e. The summed E-state index contributed by atoms with van der Waals surface area (Å²) in [5.74, 6) is 0.0986. The summed E-state index contributed by atoms with van der Waals surface area (Å²) in [6.45, 7) is 7.83. The van der Waals surface area contributed by atoms with Gasteiger partial charge >= 0.3 is 0 Å². The summed E-state index contributed by atoms with van der Waals surface area (Å²) in [6.07, 6.45) is 5.17. The summed E-state index contributed by atoms with van der Waals surface area (Å²) in [5.41, 5.74) is 5.02. The van der Waals surface area contributed by atoms with E-state index in [4.69, 9.17) is 4.74 Å². The lowest BCUT2D eigenvalue weighted by atomic mass is 9.78. The van der Waals surface area contributed by atoms with Crippen molar-refractivity contribution in [2.45, 2.75) is 25.8 Å². The van der Waals surface area contributed by atoms with E-state index in [1.807, 2.05) is 12.4 Å². The van der Waals surface area contributed by atoms with Crippen LogP contribution in [0, 0.1) is 12.3 Å². The van der Waals surface area contributed by atoms with Gasteiger partial charge in [-0.05, 0) is 42.7 Å². The summed E-state index contributed by atoms with van der Waals surface area (Å²) < 4.78 is 5.34. The standard InChI is InChI=1S/C23H28N4O2/c1-17-8-21(11-24-10-17)26-7-6-19(12-26)25-22(28)9-18-2-4-20(5-3-18)27-13-23(14-27)15-29-16-23/h2-5,8,10-11,19H,6-7,9,12-16H2,1H3,(H,25,28)/t19-/m1/s1. The van der Waals surface area contributed by atoms with Crippen molar-refractivity contribution in [1.82, 2.24) is 10.3 Å². The van der Waals surface area contributed by atoms with Crippen LogP contribution in [0.1, 0.15) is 17.5 Å². The number of carbonyl (C=O) groups excluding carboxylic acids is 1. The van der Waals surface area contributed by atoms with Gasteiger partial charge in [0.1, 0.15) is 0 Å². The summed E-state index contributed by atoms with van der Waals surface area (Å²) in [6, 6.07) is 10.8. The molecule has 1 N–H and O–H groups in total. The Labute approximate surface area is 171 Å². The first-order valence-electron chi connectivity index (χ1n) is 10.5. The van der Waals surface area contributed by atoms with Crippen LogP contribution in [0.5, 0.6) is 0 Å². The first-order chi connectivity index (χ1) is 14.1.